The number of carbonyl (C=O) groups excluding carboxylic acids is 1. The summed E-state index contributed by atoms with van der Waals surface area (Å²) in [4.78, 5) is 25.1. The van der Waals surface area contributed by atoms with Crippen molar-refractivity contribution in [1.29, 1.82) is 0 Å². The minimum absolute atomic E-state index is 0.00852. The summed E-state index contributed by atoms with van der Waals surface area (Å²) in [6.45, 7) is 6.90. The lowest BCUT2D eigenvalue weighted by Crippen LogP contribution is -2.38. The summed E-state index contributed by atoms with van der Waals surface area (Å²) in [5, 5.41) is 3.45. The highest BCUT2D eigenvalue weighted by molar-refractivity contribution is 6.33. The Morgan fingerprint density at radius 2 is 2.06 bits per heavy atom. The second-order valence-corrected chi connectivity index (χ2v) is 9.57. The van der Waals surface area contributed by atoms with Gasteiger partial charge in [-0.05, 0) is 49.4 Å². The number of imidazole rings is 1. The van der Waals surface area contributed by atoms with Crippen molar-refractivity contribution in [1.82, 2.24) is 19.9 Å². The third kappa shape index (κ3) is 5.59. The Morgan fingerprint density at radius 3 is 2.80 bits per heavy atom. The Kier molecular flexibility index (Phi) is 7.19. The minimum Gasteiger partial charge on any atom is -0.379 e. The lowest BCUT2D eigenvalue weighted by molar-refractivity contribution is 0.0271. The molecule has 1 saturated carbocycles. The number of ether oxygens (including phenoxy) is 1. The summed E-state index contributed by atoms with van der Waals surface area (Å²) >= 11 is 6.38. The first kappa shape index (κ1) is 24.0. The number of amides is 1. The summed E-state index contributed by atoms with van der Waals surface area (Å²) in [5.74, 6) is -0.671. The Balaban J connectivity index is 1.46. The maximum atomic E-state index is 15.8. The van der Waals surface area contributed by atoms with Crippen LogP contribution in [0.4, 0.5) is 15.8 Å². The highest BCUT2D eigenvalue weighted by Gasteiger charge is 2.25. The Labute approximate surface area is 208 Å². The molecule has 3 aromatic rings. The van der Waals surface area contributed by atoms with Gasteiger partial charge < -0.3 is 14.6 Å². The average Bonchev–Trinajstić information content (AvgIpc) is 3.59. The van der Waals surface area contributed by atoms with Gasteiger partial charge in [-0.2, -0.15) is 0 Å². The van der Waals surface area contributed by atoms with Crippen molar-refractivity contribution in [2.24, 2.45) is 5.92 Å². The average molecular weight is 502 g/mol. The zero-order chi connectivity index (χ0) is 24.4. The molecule has 0 atom stereocenters. The SMILES string of the molecule is Cc1ccc(Nc2c(C(=O)NOCC3CC3)cc3c(ncn3CCN3CCOCC3)c2F)c(Cl)c1. The van der Waals surface area contributed by atoms with Crippen LogP contribution in [0.5, 0.6) is 0 Å². The van der Waals surface area contributed by atoms with E-state index in [0.717, 1.165) is 38.0 Å². The highest BCUT2D eigenvalue weighted by Crippen LogP contribution is 2.34. The van der Waals surface area contributed by atoms with E-state index in [2.05, 4.69) is 20.7 Å². The van der Waals surface area contributed by atoms with Gasteiger partial charge in [0.2, 0.25) is 0 Å². The van der Waals surface area contributed by atoms with Gasteiger partial charge in [0.05, 0.1) is 53.6 Å². The van der Waals surface area contributed by atoms with Gasteiger partial charge in [-0.1, -0.05) is 17.7 Å². The number of nitrogens with one attached hydrogen (secondary N) is 2. The van der Waals surface area contributed by atoms with Crippen molar-refractivity contribution in [3.8, 4) is 0 Å². The van der Waals surface area contributed by atoms with Gasteiger partial charge in [0.1, 0.15) is 5.52 Å². The predicted molar refractivity (Wildman–Crippen MR) is 133 cm³/mol. The molecule has 0 unspecified atom stereocenters. The second kappa shape index (κ2) is 10.5. The third-order valence-corrected chi connectivity index (χ3v) is 6.74. The first-order valence-corrected chi connectivity index (χ1v) is 12.3. The molecule has 0 radical (unpaired) electrons. The van der Waals surface area contributed by atoms with Crippen molar-refractivity contribution in [2.75, 3.05) is 44.8 Å². The lowest BCUT2D eigenvalue weighted by Gasteiger charge is -2.26. The number of aromatic nitrogens is 2. The minimum atomic E-state index is -0.614. The molecular weight excluding hydrogens is 473 g/mol. The van der Waals surface area contributed by atoms with Crippen LogP contribution in [-0.4, -0.2) is 59.8 Å². The fraction of sp³-hybridized carbons (Fsp3) is 0.440. The molecule has 1 aliphatic heterocycles. The number of benzene rings is 2. The molecule has 0 spiro atoms. The van der Waals surface area contributed by atoms with E-state index in [4.69, 9.17) is 21.2 Å². The van der Waals surface area contributed by atoms with Crippen molar-refractivity contribution < 1.29 is 18.8 Å². The van der Waals surface area contributed by atoms with Crippen LogP contribution >= 0.6 is 11.6 Å². The zero-order valence-electron chi connectivity index (χ0n) is 19.7. The van der Waals surface area contributed by atoms with Crippen LogP contribution < -0.4 is 10.8 Å². The number of nitrogens with zero attached hydrogens (tertiary/aromatic N) is 3. The van der Waals surface area contributed by atoms with Crippen LogP contribution in [0.3, 0.4) is 0 Å². The molecule has 2 fully saturated rings. The molecule has 8 nitrogen and oxygen atoms in total. The van der Waals surface area contributed by atoms with Crippen LogP contribution in [0.1, 0.15) is 28.8 Å². The van der Waals surface area contributed by atoms with E-state index in [9.17, 15) is 4.79 Å². The summed E-state index contributed by atoms with van der Waals surface area (Å²) in [5.41, 5.74) is 4.81. The largest absolute Gasteiger partial charge is 0.379 e. The van der Waals surface area contributed by atoms with Gasteiger partial charge in [0, 0.05) is 26.2 Å². The molecule has 186 valence electrons. The molecule has 2 aliphatic rings. The highest BCUT2D eigenvalue weighted by atomic mass is 35.5. The van der Waals surface area contributed by atoms with Crippen molar-refractivity contribution in [3.63, 3.8) is 0 Å². The Hall–Kier alpha value is -2.72. The van der Waals surface area contributed by atoms with E-state index in [0.29, 0.717) is 48.5 Å². The molecule has 0 bridgehead atoms. The molecule has 5 rings (SSSR count). The molecule has 1 aromatic heterocycles. The summed E-state index contributed by atoms with van der Waals surface area (Å²) in [7, 11) is 0. The molecule has 1 amide bonds. The number of halogens is 2. The van der Waals surface area contributed by atoms with Gasteiger partial charge in [0.25, 0.3) is 5.91 Å². The third-order valence-electron chi connectivity index (χ3n) is 6.43. The van der Waals surface area contributed by atoms with E-state index in [1.165, 1.54) is 0 Å². The quantitative estimate of drug-likeness (QED) is 0.426. The van der Waals surface area contributed by atoms with Crippen LogP contribution in [0, 0.1) is 18.7 Å². The van der Waals surface area contributed by atoms with Gasteiger partial charge in [0.15, 0.2) is 5.82 Å². The number of anilines is 2. The monoisotopic (exact) mass is 501 g/mol. The van der Waals surface area contributed by atoms with E-state index < -0.39 is 11.7 Å². The number of hydrogen-bond acceptors (Lipinski definition) is 6. The number of fused-ring (bicyclic) bond motifs is 1. The maximum Gasteiger partial charge on any atom is 0.277 e. The van der Waals surface area contributed by atoms with Crippen molar-refractivity contribution in [2.45, 2.75) is 26.3 Å². The smallest absolute Gasteiger partial charge is 0.277 e. The normalized spacial score (nSPS) is 16.5. The zero-order valence-corrected chi connectivity index (χ0v) is 20.4. The molecule has 2 heterocycles. The summed E-state index contributed by atoms with van der Waals surface area (Å²) in [6, 6.07) is 7.06. The van der Waals surface area contributed by atoms with Crippen LogP contribution in [-0.2, 0) is 16.1 Å². The van der Waals surface area contributed by atoms with Crippen LogP contribution in [0.15, 0.2) is 30.6 Å². The summed E-state index contributed by atoms with van der Waals surface area (Å²) in [6.07, 6.45) is 3.80. The number of carbonyl (C=O) groups is 1. The van der Waals surface area contributed by atoms with Crippen LogP contribution in [0.2, 0.25) is 5.02 Å². The van der Waals surface area contributed by atoms with Crippen LogP contribution in [0.25, 0.3) is 11.0 Å². The standard InChI is InChI=1S/C25H29ClFN5O3/c1-16-2-5-20(19(26)12-16)29-23-18(25(33)30-35-14-17-3-4-17)13-21-24(22(23)27)28-15-32(21)7-6-31-8-10-34-11-9-31/h2,5,12-13,15,17,29H,3-4,6-11,14H2,1H3,(H,30,33). The second-order valence-electron chi connectivity index (χ2n) is 9.17. The summed E-state index contributed by atoms with van der Waals surface area (Å²) < 4.78 is 23.1. The van der Waals surface area contributed by atoms with Gasteiger partial charge in [-0.3, -0.25) is 14.5 Å². The molecule has 1 aliphatic carbocycles. The molecule has 1 saturated heterocycles. The number of aryl methyl sites for hydroxylation is 1. The number of hydroxylamine groups is 1. The molecule has 10 heteroatoms. The Bertz CT molecular complexity index is 1220. The topological polar surface area (TPSA) is 80.7 Å². The van der Waals surface area contributed by atoms with E-state index in [1.807, 2.05) is 17.6 Å². The fourth-order valence-corrected chi connectivity index (χ4v) is 4.41. The van der Waals surface area contributed by atoms with Crippen molar-refractivity contribution >= 4 is 39.9 Å². The first-order valence-electron chi connectivity index (χ1n) is 11.9. The predicted octanol–water partition coefficient (Wildman–Crippen LogP) is 4.28. The number of hydrogen-bond donors (Lipinski definition) is 2. The molecule has 35 heavy (non-hydrogen) atoms. The lowest BCUT2D eigenvalue weighted by atomic mass is 10.1. The first-order chi connectivity index (χ1) is 17.0. The van der Waals surface area contributed by atoms with Gasteiger partial charge in [-0.25, -0.2) is 14.9 Å². The number of morpholine rings is 1. The van der Waals surface area contributed by atoms with E-state index in [-0.39, 0.29) is 16.8 Å². The van der Waals surface area contributed by atoms with Crippen molar-refractivity contribution in [3.05, 3.63) is 52.6 Å². The maximum absolute atomic E-state index is 15.8. The molecule has 2 aromatic carbocycles. The van der Waals surface area contributed by atoms with Gasteiger partial charge >= 0.3 is 0 Å². The number of rotatable bonds is 9. The van der Waals surface area contributed by atoms with Gasteiger partial charge in [-0.15, -0.1) is 0 Å². The Morgan fingerprint density at radius 1 is 1.26 bits per heavy atom. The van der Waals surface area contributed by atoms with E-state index in [1.54, 1.807) is 24.5 Å². The molecule has 2 N–H and O–H groups in total. The fourth-order valence-electron chi connectivity index (χ4n) is 4.13. The van der Waals surface area contributed by atoms with E-state index >= 15 is 4.39 Å². The molecular formula is C25H29ClFN5O3.